The van der Waals surface area contributed by atoms with E-state index in [4.69, 9.17) is 0 Å². The van der Waals surface area contributed by atoms with Gasteiger partial charge in [-0.2, -0.15) is 0 Å². The quantitative estimate of drug-likeness (QED) is 0.691. The van der Waals surface area contributed by atoms with Gasteiger partial charge < -0.3 is 9.36 Å². The predicted octanol–water partition coefficient (Wildman–Crippen LogP) is 1.51. The van der Waals surface area contributed by atoms with Crippen molar-refractivity contribution in [2.75, 3.05) is 0 Å². The molecule has 1 heterocycles. The maximum atomic E-state index is 11.5. The van der Waals surface area contributed by atoms with E-state index >= 15 is 0 Å². The summed E-state index contributed by atoms with van der Waals surface area (Å²) in [5.74, 6) is 0. The third-order valence-electron chi connectivity index (χ3n) is 2.51. The predicted molar refractivity (Wildman–Crippen MR) is 59.0 cm³/mol. The monoisotopic (exact) mass is 201 g/mol. The molecule has 15 heavy (non-hydrogen) atoms. The number of rotatable bonds is 2. The van der Waals surface area contributed by atoms with Crippen molar-refractivity contribution in [1.29, 1.82) is 0 Å². The van der Waals surface area contributed by atoms with Gasteiger partial charge in [-0.25, -0.2) is 0 Å². The summed E-state index contributed by atoms with van der Waals surface area (Å²) in [6.45, 7) is 2.09. The number of benzene rings is 1. The highest BCUT2D eigenvalue weighted by Gasteiger charge is 2.03. The van der Waals surface area contributed by atoms with Gasteiger partial charge in [-0.15, -0.1) is 0 Å². The molecule has 0 spiro atoms. The van der Waals surface area contributed by atoms with Crippen molar-refractivity contribution in [2.24, 2.45) is 0 Å². The van der Waals surface area contributed by atoms with Gasteiger partial charge in [-0.3, -0.25) is 4.79 Å². The van der Waals surface area contributed by atoms with Crippen LogP contribution in [0.25, 0.3) is 10.9 Å². The van der Waals surface area contributed by atoms with E-state index in [9.17, 15) is 9.59 Å². The maximum absolute atomic E-state index is 11.5. The SMILES string of the molecule is Cc1cccc2c1ccc(=O)n2CC=O. The minimum Gasteiger partial charge on any atom is -0.301 e. The second kappa shape index (κ2) is 3.69. The first-order chi connectivity index (χ1) is 7.24. The summed E-state index contributed by atoms with van der Waals surface area (Å²) in [5, 5.41) is 1.01. The number of pyridine rings is 1. The lowest BCUT2D eigenvalue weighted by Gasteiger charge is -2.07. The number of carbonyl (C=O) groups is 1. The molecule has 0 unspecified atom stereocenters. The molecule has 0 N–H and O–H groups in total. The molecule has 76 valence electrons. The van der Waals surface area contributed by atoms with Crippen molar-refractivity contribution in [3.05, 3.63) is 46.2 Å². The van der Waals surface area contributed by atoms with E-state index in [2.05, 4.69) is 0 Å². The highest BCUT2D eigenvalue weighted by atomic mass is 16.1. The number of hydrogen-bond acceptors (Lipinski definition) is 2. The molecule has 0 bridgehead atoms. The van der Waals surface area contributed by atoms with E-state index in [0.29, 0.717) is 0 Å². The lowest BCUT2D eigenvalue weighted by molar-refractivity contribution is -0.108. The zero-order valence-electron chi connectivity index (χ0n) is 8.43. The Morgan fingerprint density at radius 1 is 1.27 bits per heavy atom. The Morgan fingerprint density at radius 2 is 2.07 bits per heavy atom. The zero-order chi connectivity index (χ0) is 10.8. The molecule has 0 aliphatic rings. The van der Waals surface area contributed by atoms with Crippen molar-refractivity contribution in [3.63, 3.8) is 0 Å². The van der Waals surface area contributed by atoms with E-state index in [1.807, 2.05) is 25.1 Å². The highest BCUT2D eigenvalue weighted by Crippen LogP contribution is 2.15. The van der Waals surface area contributed by atoms with Crippen LogP contribution in [-0.2, 0) is 11.3 Å². The summed E-state index contributed by atoms with van der Waals surface area (Å²) < 4.78 is 1.48. The molecular formula is C12H11NO2. The minimum atomic E-state index is -0.139. The van der Waals surface area contributed by atoms with Crippen molar-refractivity contribution in [2.45, 2.75) is 13.5 Å². The lowest BCUT2D eigenvalue weighted by Crippen LogP contribution is -2.19. The molecule has 1 aromatic heterocycles. The van der Waals surface area contributed by atoms with Crippen molar-refractivity contribution in [3.8, 4) is 0 Å². The van der Waals surface area contributed by atoms with E-state index in [1.54, 1.807) is 6.07 Å². The molecule has 0 amide bonds. The van der Waals surface area contributed by atoms with E-state index in [-0.39, 0.29) is 12.1 Å². The van der Waals surface area contributed by atoms with Gasteiger partial charge in [0.1, 0.15) is 6.29 Å². The van der Waals surface area contributed by atoms with Crippen LogP contribution in [0.5, 0.6) is 0 Å². The number of aldehydes is 1. The molecule has 0 aliphatic carbocycles. The number of hydrogen-bond donors (Lipinski definition) is 0. The molecule has 0 saturated carbocycles. The van der Waals surface area contributed by atoms with Gasteiger partial charge in [-0.1, -0.05) is 12.1 Å². The number of nitrogens with zero attached hydrogens (tertiary/aromatic N) is 1. The van der Waals surface area contributed by atoms with Crippen LogP contribution >= 0.6 is 0 Å². The van der Waals surface area contributed by atoms with Crippen molar-refractivity contribution < 1.29 is 4.79 Å². The molecule has 3 heteroatoms. The normalized spacial score (nSPS) is 10.5. The fourth-order valence-corrected chi connectivity index (χ4v) is 1.74. The summed E-state index contributed by atoms with van der Waals surface area (Å²) in [6, 6.07) is 9.02. The Labute approximate surface area is 87.0 Å². The Hall–Kier alpha value is -1.90. The smallest absolute Gasteiger partial charge is 0.251 e. The van der Waals surface area contributed by atoms with Crippen LogP contribution in [0.2, 0.25) is 0 Å². The average molecular weight is 201 g/mol. The van der Waals surface area contributed by atoms with Crippen LogP contribution in [0.1, 0.15) is 5.56 Å². The molecule has 0 atom stereocenters. The number of aromatic nitrogens is 1. The molecule has 3 nitrogen and oxygen atoms in total. The Balaban J connectivity index is 2.87. The van der Waals surface area contributed by atoms with Gasteiger partial charge in [0.15, 0.2) is 0 Å². The number of fused-ring (bicyclic) bond motifs is 1. The van der Waals surface area contributed by atoms with Gasteiger partial charge in [0.05, 0.1) is 12.1 Å². The van der Waals surface area contributed by atoms with Crippen LogP contribution in [-0.4, -0.2) is 10.9 Å². The van der Waals surface area contributed by atoms with Gasteiger partial charge >= 0.3 is 0 Å². The summed E-state index contributed by atoms with van der Waals surface area (Å²) in [7, 11) is 0. The van der Waals surface area contributed by atoms with E-state index < -0.39 is 0 Å². The molecule has 2 aromatic rings. The molecular weight excluding hydrogens is 190 g/mol. The van der Waals surface area contributed by atoms with Crippen LogP contribution in [0.4, 0.5) is 0 Å². The molecule has 0 radical (unpaired) electrons. The molecule has 2 rings (SSSR count). The van der Waals surface area contributed by atoms with Crippen LogP contribution in [0.3, 0.4) is 0 Å². The fraction of sp³-hybridized carbons (Fsp3) is 0.167. The van der Waals surface area contributed by atoms with E-state index in [0.717, 1.165) is 22.8 Å². The Morgan fingerprint density at radius 3 is 2.80 bits per heavy atom. The highest BCUT2D eigenvalue weighted by molar-refractivity contribution is 5.82. The van der Waals surface area contributed by atoms with Crippen molar-refractivity contribution in [1.82, 2.24) is 4.57 Å². The summed E-state index contributed by atoms with van der Waals surface area (Å²) in [4.78, 5) is 22.0. The molecule has 1 aromatic carbocycles. The Bertz CT molecular complexity index is 569. The van der Waals surface area contributed by atoms with Gasteiger partial charge in [0, 0.05) is 11.5 Å². The fourth-order valence-electron chi connectivity index (χ4n) is 1.74. The minimum absolute atomic E-state index is 0.111. The summed E-state index contributed by atoms with van der Waals surface area (Å²) >= 11 is 0. The van der Waals surface area contributed by atoms with E-state index in [1.165, 1.54) is 10.6 Å². The second-order valence-electron chi connectivity index (χ2n) is 3.46. The second-order valence-corrected chi connectivity index (χ2v) is 3.46. The standard InChI is InChI=1S/C12H11NO2/c1-9-3-2-4-11-10(9)5-6-12(15)13(11)7-8-14/h2-6,8H,7H2,1H3. The first-order valence-electron chi connectivity index (χ1n) is 4.77. The van der Waals surface area contributed by atoms with Crippen LogP contribution in [0, 0.1) is 6.92 Å². The third kappa shape index (κ3) is 1.56. The first-order valence-corrected chi connectivity index (χ1v) is 4.77. The lowest BCUT2D eigenvalue weighted by atomic mass is 10.1. The number of carbonyl (C=O) groups excluding carboxylic acids is 1. The number of aryl methyl sites for hydroxylation is 1. The van der Waals surface area contributed by atoms with Gasteiger partial charge in [0.2, 0.25) is 0 Å². The zero-order valence-corrected chi connectivity index (χ0v) is 8.43. The van der Waals surface area contributed by atoms with Crippen molar-refractivity contribution >= 4 is 17.2 Å². The molecule has 0 aliphatic heterocycles. The van der Waals surface area contributed by atoms with Gasteiger partial charge in [0.25, 0.3) is 5.56 Å². The molecule has 0 fully saturated rings. The van der Waals surface area contributed by atoms with Crippen LogP contribution < -0.4 is 5.56 Å². The average Bonchev–Trinajstić information content (AvgIpc) is 2.23. The summed E-state index contributed by atoms with van der Waals surface area (Å²) in [6.07, 6.45) is 0.739. The van der Waals surface area contributed by atoms with Crippen LogP contribution in [0.15, 0.2) is 35.1 Å². The topological polar surface area (TPSA) is 39.1 Å². The molecule has 0 saturated heterocycles. The maximum Gasteiger partial charge on any atom is 0.251 e. The Kier molecular flexibility index (Phi) is 2.37. The van der Waals surface area contributed by atoms with Gasteiger partial charge in [-0.05, 0) is 24.6 Å². The third-order valence-corrected chi connectivity index (χ3v) is 2.51. The first kappa shape index (κ1) is 9.65. The summed E-state index contributed by atoms with van der Waals surface area (Å²) in [5.41, 5.74) is 1.78. The largest absolute Gasteiger partial charge is 0.301 e.